The molecule has 0 aliphatic heterocycles. The van der Waals surface area contributed by atoms with E-state index in [-0.39, 0.29) is 11.4 Å². The molecule has 1 atom stereocenters. The van der Waals surface area contributed by atoms with Crippen molar-refractivity contribution in [3.05, 3.63) is 47.6 Å². The van der Waals surface area contributed by atoms with Crippen molar-refractivity contribution in [2.24, 2.45) is 5.73 Å². The molecule has 1 aromatic heterocycles. The van der Waals surface area contributed by atoms with Gasteiger partial charge in [0.2, 0.25) is 6.39 Å². The molecule has 2 rings (SSSR count). The van der Waals surface area contributed by atoms with Crippen molar-refractivity contribution in [3.63, 3.8) is 0 Å². The molecule has 0 fully saturated rings. The van der Waals surface area contributed by atoms with E-state index in [0.717, 1.165) is 24.6 Å². The summed E-state index contributed by atoms with van der Waals surface area (Å²) >= 11 is 0. The molecule has 0 amide bonds. The summed E-state index contributed by atoms with van der Waals surface area (Å²) in [5.41, 5.74) is 5.94. The summed E-state index contributed by atoms with van der Waals surface area (Å²) in [7, 11) is 0. The smallest absolute Gasteiger partial charge is 0.213 e. The van der Waals surface area contributed by atoms with Gasteiger partial charge in [0.05, 0.1) is 6.04 Å². The number of rotatable bonds is 2. The van der Waals surface area contributed by atoms with E-state index in [9.17, 15) is 8.78 Å². The lowest BCUT2D eigenvalue weighted by atomic mass is 10.1. The summed E-state index contributed by atoms with van der Waals surface area (Å²) in [6, 6.07) is 2.23. The van der Waals surface area contributed by atoms with E-state index in [1.807, 2.05) is 0 Å². The molecule has 4 nitrogen and oxygen atoms in total. The summed E-state index contributed by atoms with van der Waals surface area (Å²) in [6.07, 6.45) is 1.10. The molecule has 15 heavy (non-hydrogen) atoms. The highest BCUT2D eigenvalue weighted by atomic mass is 19.1. The number of nitrogens with zero attached hydrogens (tertiary/aromatic N) is 2. The monoisotopic (exact) mass is 211 g/mol. The van der Waals surface area contributed by atoms with Gasteiger partial charge >= 0.3 is 0 Å². The SMILES string of the molecule is NC(c1cc(F)cc(F)c1)c1ncon1. The number of hydrogen-bond acceptors (Lipinski definition) is 4. The largest absolute Gasteiger partial charge is 0.343 e. The summed E-state index contributed by atoms with van der Waals surface area (Å²) in [4.78, 5) is 3.70. The molecule has 0 saturated heterocycles. The molecule has 78 valence electrons. The van der Waals surface area contributed by atoms with Gasteiger partial charge in [-0.2, -0.15) is 4.98 Å². The minimum atomic E-state index is -0.797. The van der Waals surface area contributed by atoms with E-state index in [0.29, 0.717) is 0 Å². The molecule has 0 bridgehead atoms. The zero-order valence-electron chi connectivity index (χ0n) is 7.52. The molecular formula is C9H7F2N3O. The van der Waals surface area contributed by atoms with Crippen molar-refractivity contribution in [1.82, 2.24) is 10.1 Å². The van der Waals surface area contributed by atoms with Crippen molar-refractivity contribution < 1.29 is 13.3 Å². The van der Waals surface area contributed by atoms with Gasteiger partial charge in [0.15, 0.2) is 5.82 Å². The van der Waals surface area contributed by atoms with Crippen molar-refractivity contribution in [2.45, 2.75) is 6.04 Å². The van der Waals surface area contributed by atoms with Crippen LogP contribution in [0.5, 0.6) is 0 Å². The number of halogens is 2. The molecule has 0 aliphatic rings. The fourth-order valence-corrected chi connectivity index (χ4v) is 1.22. The van der Waals surface area contributed by atoms with Crippen LogP contribution in [0.3, 0.4) is 0 Å². The Morgan fingerprint density at radius 3 is 2.40 bits per heavy atom. The van der Waals surface area contributed by atoms with Gasteiger partial charge in [-0.1, -0.05) is 5.16 Å². The average molecular weight is 211 g/mol. The second-order valence-electron chi connectivity index (χ2n) is 2.97. The van der Waals surface area contributed by atoms with Crippen LogP contribution in [0.1, 0.15) is 17.4 Å². The minimum Gasteiger partial charge on any atom is -0.343 e. The third-order valence-corrected chi connectivity index (χ3v) is 1.90. The molecule has 0 saturated carbocycles. The number of hydrogen-bond donors (Lipinski definition) is 1. The number of benzene rings is 1. The second kappa shape index (κ2) is 3.74. The molecule has 1 aromatic carbocycles. The van der Waals surface area contributed by atoms with Crippen LogP contribution in [-0.2, 0) is 0 Å². The number of aromatic nitrogens is 2. The first-order valence-electron chi connectivity index (χ1n) is 4.14. The molecule has 1 heterocycles. The van der Waals surface area contributed by atoms with E-state index in [2.05, 4.69) is 14.7 Å². The molecule has 0 spiro atoms. The maximum Gasteiger partial charge on any atom is 0.213 e. The summed E-state index contributed by atoms with van der Waals surface area (Å²) in [6.45, 7) is 0. The van der Waals surface area contributed by atoms with E-state index in [1.54, 1.807) is 0 Å². The molecule has 0 aliphatic carbocycles. The zero-order valence-corrected chi connectivity index (χ0v) is 7.52. The van der Waals surface area contributed by atoms with Gasteiger partial charge in [0.1, 0.15) is 11.6 Å². The van der Waals surface area contributed by atoms with E-state index in [1.165, 1.54) is 0 Å². The highest BCUT2D eigenvalue weighted by Gasteiger charge is 2.15. The van der Waals surface area contributed by atoms with Gasteiger partial charge in [-0.15, -0.1) is 0 Å². The average Bonchev–Trinajstić information content (AvgIpc) is 2.67. The van der Waals surface area contributed by atoms with Crippen LogP contribution in [0.15, 0.2) is 29.1 Å². The molecule has 6 heteroatoms. The van der Waals surface area contributed by atoms with Crippen LogP contribution in [0.4, 0.5) is 8.78 Å². The Kier molecular flexibility index (Phi) is 2.42. The van der Waals surface area contributed by atoms with Crippen LogP contribution >= 0.6 is 0 Å². The minimum absolute atomic E-state index is 0.181. The predicted molar refractivity (Wildman–Crippen MR) is 46.7 cm³/mol. The third-order valence-electron chi connectivity index (χ3n) is 1.90. The number of nitrogens with two attached hydrogens (primary N) is 1. The molecule has 2 aromatic rings. The van der Waals surface area contributed by atoms with E-state index < -0.39 is 17.7 Å². The topological polar surface area (TPSA) is 64.9 Å². The van der Waals surface area contributed by atoms with Crippen molar-refractivity contribution in [3.8, 4) is 0 Å². The Labute approximate surface area is 83.7 Å². The van der Waals surface area contributed by atoms with Gasteiger partial charge in [-0.25, -0.2) is 8.78 Å². The summed E-state index contributed by atoms with van der Waals surface area (Å²) in [5.74, 6) is -1.20. The van der Waals surface area contributed by atoms with Crippen LogP contribution in [0, 0.1) is 11.6 Å². The lowest BCUT2D eigenvalue weighted by Crippen LogP contribution is -2.14. The van der Waals surface area contributed by atoms with Crippen molar-refractivity contribution in [2.75, 3.05) is 0 Å². The highest BCUT2D eigenvalue weighted by Crippen LogP contribution is 2.18. The Bertz CT molecular complexity index is 438. The van der Waals surface area contributed by atoms with Gasteiger partial charge < -0.3 is 10.3 Å². The lowest BCUT2D eigenvalue weighted by Gasteiger charge is -2.07. The van der Waals surface area contributed by atoms with Crippen LogP contribution < -0.4 is 5.73 Å². The Hall–Kier alpha value is -1.82. The molecular weight excluding hydrogens is 204 g/mol. The van der Waals surface area contributed by atoms with Gasteiger partial charge in [0, 0.05) is 6.07 Å². The second-order valence-corrected chi connectivity index (χ2v) is 2.97. The van der Waals surface area contributed by atoms with Crippen molar-refractivity contribution in [1.29, 1.82) is 0 Å². The maximum absolute atomic E-state index is 12.9. The highest BCUT2D eigenvalue weighted by molar-refractivity contribution is 5.25. The molecule has 1 unspecified atom stereocenters. The van der Waals surface area contributed by atoms with Crippen LogP contribution in [0.2, 0.25) is 0 Å². The first kappa shape index (κ1) is 9.72. The maximum atomic E-state index is 12.9. The molecule has 0 radical (unpaired) electrons. The normalized spacial score (nSPS) is 12.7. The van der Waals surface area contributed by atoms with Gasteiger partial charge in [0.25, 0.3) is 0 Å². The third kappa shape index (κ3) is 1.99. The first-order chi connectivity index (χ1) is 7.16. The predicted octanol–water partition coefficient (Wildman–Crippen LogP) is 1.40. The zero-order chi connectivity index (χ0) is 10.8. The summed E-state index contributed by atoms with van der Waals surface area (Å²) < 4.78 is 30.2. The van der Waals surface area contributed by atoms with Crippen LogP contribution in [-0.4, -0.2) is 10.1 Å². The van der Waals surface area contributed by atoms with Crippen molar-refractivity contribution >= 4 is 0 Å². The Morgan fingerprint density at radius 1 is 1.20 bits per heavy atom. The molecule has 2 N–H and O–H groups in total. The quantitative estimate of drug-likeness (QED) is 0.815. The van der Waals surface area contributed by atoms with Crippen LogP contribution in [0.25, 0.3) is 0 Å². The first-order valence-corrected chi connectivity index (χ1v) is 4.14. The fourth-order valence-electron chi connectivity index (χ4n) is 1.22. The fraction of sp³-hybridized carbons (Fsp3) is 0.111. The standard InChI is InChI=1S/C9H7F2N3O/c10-6-1-5(2-7(11)3-6)8(12)9-13-4-15-14-9/h1-4,8H,12H2. The Balaban J connectivity index is 2.37. The van der Waals surface area contributed by atoms with E-state index >= 15 is 0 Å². The van der Waals surface area contributed by atoms with Gasteiger partial charge in [-0.3, -0.25) is 0 Å². The van der Waals surface area contributed by atoms with Gasteiger partial charge in [-0.05, 0) is 17.7 Å². The van der Waals surface area contributed by atoms with E-state index in [4.69, 9.17) is 5.73 Å². The summed E-state index contributed by atoms with van der Waals surface area (Å²) in [5, 5.41) is 3.50. The lowest BCUT2D eigenvalue weighted by molar-refractivity contribution is 0.407. The Morgan fingerprint density at radius 2 is 1.87 bits per heavy atom.